The minimum absolute atomic E-state index is 0.0332. The minimum Gasteiger partial charge on any atom is -0.497 e. The Morgan fingerprint density at radius 3 is 2.66 bits per heavy atom. The molecule has 4 rings (SSSR count). The number of aromatic nitrogens is 4. The Hall–Kier alpha value is -3.27. The van der Waals surface area contributed by atoms with Gasteiger partial charge in [0.1, 0.15) is 24.2 Å². The van der Waals surface area contributed by atoms with Gasteiger partial charge in [-0.15, -0.1) is 0 Å². The maximum Gasteiger partial charge on any atom is 0.329 e. The smallest absolute Gasteiger partial charge is 0.329 e. The van der Waals surface area contributed by atoms with Gasteiger partial charge in [-0.3, -0.25) is 14.3 Å². The Labute approximate surface area is 185 Å². The molecular weight excluding hydrogens is 414 g/mol. The van der Waals surface area contributed by atoms with Crippen molar-refractivity contribution in [2.24, 2.45) is 13.0 Å². The number of piperidine rings is 1. The summed E-state index contributed by atoms with van der Waals surface area (Å²) in [5.41, 5.74) is -0.469. The first-order valence-electron chi connectivity index (χ1n) is 10.8. The van der Waals surface area contributed by atoms with Crippen LogP contribution in [0.5, 0.6) is 11.5 Å². The van der Waals surface area contributed by atoms with Gasteiger partial charge in [0.05, 0.1) is 13.7 Å². The van der Waals surface area contributed by atoms with Crippen LogP contribution in [0.4, 0.5) is 5.95 Å². The molecule has 3 aromatic rings. The molecule has 1 aliphatic rings. The number of aliphatic hydroxyl groups excluding tert-OH is 1. The van der Waals surface area contributed by atoms with Gasteiger partial charge in [0, 0.05) is 20.1 Å². The third-order valence-electron chi connectivity index (χ3n) is 5.82. The molecule has 10 nitrogen and oxygen atoms in total. The number of rotatable bonds is 7. The summed E-state index contributed by atoms with van der Waals surface area (Å²) in [6.45, 7) is 3.92. The molecule has 1 fully saturated rings. The Morgan fingerprint density at radius 1 is 1.25 bits per heavy atom. The van der Waals surface area contributed by atoms with Crippen LogP contribution in [0.15, 0.2) is 33.9 Å². The van der Waals surface area contributed by atoms with Crippen molar-refractivity contribution in [1.29, 1.82) is 0 Å². The van der Waals surface area contributed by atoms with E-state index >= 15 is 0 Å². The monoisotopic (exact) mass is 443 g/mol. The highest BCUT2D eigenvalue weighted by Gasteiger charge is 2.26. The Bertz CT molecular complexity index is 1200. The zero-order valence-electron chi connectivity index (χ0n) is 18.6. The largest absolute Gasteiger partial charge is 0.497 e. The van der Waals surface area contributed by atoms with Crippen LogP contribution < -0.4 is 25.6 Å². The Balaban J connectivity index is 1.63. The first-order chi connectivity index (χ1) is 15.4. The number of aromatic amines is 1. The number of nitrogens with zero attached hydrogens (tertiary/aromatic N) is 4. The second-order valence-corrected chi connectivity index (χ2v) is 8.35. The van der Waals surface area contributed by atoms with E-state index in [1.165, 1.54) is 4.57 Å². The van der Waals surface area contributed by atoms with Crippen molar-refractivity contribution < 1.29 is 14.6 Å². The van der Waals surface area contributed by atoms with Gasteiger partial charge in [0.15, 0.2) is 11.2 Å². The third kappa shape index (κ3) is 4.36. The standard InChI is InChI=1S/C22H29N5O5/c1-14-5-4-10-26(11-14)21-23-19-18(20(29)24-22(30)25(19)2)27(21)12-15(28)13-32-17-8-6-16(31-3)7-9-17/h6-9,14-15,28H,4-5,10-13H2,1-3H3,(H,24,29,30)/t14-,15-/m1/s1. The summed E-state index contributed by atoms with van der Waals surface area (Å²) in [5.74, 6) is 2.39. The highest BCUT2D eigenvalue weighted by Crippen LogP contribution is 2.25. The summed E-state index contributed by atoms with van der Waals surface area (Å²) in [6.07, 6.45) is 1.25. The van der Waals surface area contributed by atoms with Crippen LogP contribution in [-0.4, -0.2) is 57.1 Å². The molecule has 0 saturated carbocycles. The lowest BCUT2D eigenvalue weighted by Crippen LogP contribution is -2.37. The number of hydrogen-bond acceptors (Lipinski definition) is 7. The van der Waals surface area contributed by atoms with Crippen LogP contribution in [0.3, 0.4) is 0 Å². The summed E-state index contributed by atoms with van der Waals surface area (Å²) in [6, 6.07) is 7.08. The molecule has 0 unspecified atom stereocenters. The van der Waals surface area contributed by atoms with Crippen LogP contribution in [0, 0.1) is 5.92 Å². The molecule has 1 aliphatic heterocycles. The number of benzene rings is 1. The molecule has 3 heterocycles. The molecule has 0 aliphatic carbocycles. The van der Waals surface area contributed by atoms with Gasteiger partial charge < -0.3 is 24.0 Å². The molecule has 10 heteroatoms. The summed E-state index contributed by atoms with van der Waals surface area (Å²) in [5, 5.41) is 10.7. The quantitative estimate of drug-likeness (QED) is 0.562. The van der Waals surface area contributed by atoms with Gasteiger partial charge in [0.25, 0.3) is 5.56 Å². The molecule has 0 amide bonds. The van der Waals surface area contributed by atoms with Gasteiger partial charge in [-0.25, -0.2) is 4.79 Å². The van der Waals surface area contributed by atoms with Crippen LogP contribution in [0.25, 0.3) is 11.2 Å². The maximum absolute atomic E-state index is 12.7. The van der Waals surface area contributed by atoms with Crippen molar-refractivity contribution in [2.75, 3.05) is 31.7 Å². The normalized spacial score (nSPS) is 17.5. The van der Waals surface area contributed by atoms with E-state index in [0.29, 0.717) is 29.0 Å². The molecule has 0 radical (unpaired) electrons. The number of anilines is 1. The van der Waals surface area contributed by atoms with E-state index in [2.05, 4.69) is 21.8 Å². The van der Waals surface area contributed by atoms with E-state index in [1.54, 1.807) is 43.0 Å². The molecule has 1 aromatic carbocycles. The highest BCUT2D eigenvalue weighted by molar-refractivity contribution is 5.74. The van der Waals surface area contributed by atoms with Crippen molar-refractivity contribution >= 4 is 17.1 Å². The predicted molar refractivity (Wildman–Crippen MR) is 121 cm³/mol. The average Bonchev–Trinajstić information content (AvgIpc) is 3.16. The van der Waals surface area contributed by atoms with Gasteiger partial charge in [0.2, 0.25) is 5.95 Å². The van der Waals surface area contributed by atoms with Gasteiger partial charge >= 0.3 is 5.69 Å². The number of aliphatic hydroxyl groups is 1. The minimum atomic E-state index is -0.896. The predicted octanol–water partition coefficient (Wildman–Crippen LogP) is 1.11. The molecule has 2 N–H and O–H groups in total. The molecule has 2 atom stereocenters. The lowest BCUT2D eigenvalue weighted by atomic mass is 10.0. The van der Waals surface area contributed by atoms with Crippen LogP contribution in [0.2, 0.25) is 0 Å². The third-order valence-corrected chi connectivity index (χ3v) is 5.82. The molecular formula is C22H29N5O5. The van der Waals surface area contributed by atoms with Crippen molar-refractivity contribution in [3.63, 3.8) is 0 Å². The summed E-state index contributed by atoms with van der Waals surface area (Å²) in [4.78, 5) is 33.9. The van der Waals surface area contributed by atoms with Gasteiger partial charge in [-0.1, -0.05) is 6.92 Å². The number of nitrogens with one attached hydrogen (secondary N) is 1. The van der Waals surface area contributed by atoms with Crippen molar-refractivity contribution in [3.05, 3.63) is 45.1 Å². The van der Waals surface area contributed by atoms with E-state index in [-0.39, 0.29) is 18.7 Å². The van der Waals surface area contributed by atoms with Crippen molar-refractivity contribution in [1.82, 2.24) is 19.1 Å². The number of H-pyrrole nitrogens is 1. The van der Waals surface area contributed by atoms with E-state index in [9.17, 15) is 14.7 Å². The first-order valence-corrected chi connectivity index (χ1v) is 10.8. The fourth-order valence-electron chi connectivity index (χ4n) is 4.14. The maximum atomic E-state index is 12.7. The Kier molecular flexibility index (Phi) is 6.22. The molecule has 0 bridgehead atoms. The molecule has 1 saturated heterocycles. The van der Waals surface area contributed by atoms with E-state index in [0.717, 1.165) is 25.9 Å². The molecule has 172 valence electrons. The zero-order chi connectivity index (χ0) is 22.8. The first kappa shape index (κ1) is 21.9. The number of aryl methyl sites for hydroxylation is 1. The van der Waals surface area contributed by atoms with E-state index < -0.39 is 17.4 Å². The van der Waals surface area contributed by atoms with Crippen LogP contribution in [0.1, 0.15) is 19.8 Å². The van der Waals surface area contributed by atoms with Crippen molar-refractivity contribution in [3.8, 4) is 11.5 Å². The van der Waals surface area contributed by atoms with Crippen LogP contribution >= 0.6 is 0 Å². The van der Waals surface area contributed by atoms with Crippen LogP contribution in [-0.2, 0) is 13.6 Å². The number of imidazole rings is 1. The fourth-order valence-corrected chi connectivity index (χ4v) is 4.14. The van der Waals surface area contributed by atoms with Gasteiger partial charge in [-0.05, 0) is 43.0 Å². The molecule has 2 aromatic heterocycles. The average molecular weight is 444 g/mol. The number of fused-ring (bicyclic) bond motifs is 1. The Morgan fingerprint density at radius 2 is 1.97 bits per heavy atom. The van der Waals surface area contributed by atoms with E-state index in [4.69, 9.17) is 9.47 Å². The number of hydrogen-bond donors (Lipinski definition) is 2. The summed E-state index contributed by atoms with van der Waals surface area (Å²) in [7, 11) is 3.16. The number of ether oxygens (including phenoxy) is 2. The highest BCUT2D eigenvalue weighted by atomic mass is 16.5. The second kappa shape index (κ2) is 9.07. The van der Waals surface area contributed by atoms with E-state index in [1.807, 2.05) is 0 Å². The zero-order valence-corrected chi connectivity index (χ0v) is 18.6. The van der Waals surface area contributed by atoms with Crippen molar-refractivity contribution in [2.45, 2.75) is 32.4 Å². The van der Waals surface area contributed by atoms with Gasteiger partial charge in [-0.2, -0.15) is 4.98 Å². The number of methoxy groups -OCH3 is 1. The topological polar surface area (TPSA) is 115 Å². The summed E-state index contributed by atoms with van der Waals surface area (Å²) < 4.78 is 13.9. The SMILES string of the molecule is COc1ccc(OC[C@H](O)Cn2c(N3CCC[C@@H](C)C3)nc3c2c(=O)[nH]c(=O)n3C)cc1. The lowest BCUT2D eigenvalue weighted by molar-refractivity contribution is 0.0935. The lowest BCUT2D eigenvalue weighted by Gasteiger charge is -2.32. The second-order valence-electron chi connectivity index (χ2n) is 8.35. The molecule has 32 heavy (non-hydrogen) atoms. The summed E-state index contributed by atoms with van der Waals surface area (Å²) >= 11 is 0. The molecule has 0 spiro atoms. The fraction of sp³-hybridized carbons (Fsp3) is 0.500.